The Morgan fingerprint density at radius 2 is 1.88 bits per heavy atom. The molecule has 1 N–H and O–H groups in total. The van der Waals surface area contributed by atoms with Gasteiger partial charge >= 0.3 is 6.18 Å². The van der Waals surface area contributed by atoms with E-state index in [-0.39, 0.29) is 50.4 Å². The summed E-state index contributed by atoms with van der Waals surface area (Å²) in [5.74, 6) is -3.52. The summed E-state index contributed by atoms with van der Waals surface area (Å²) in [4.78, 5) is 45.4. The van der Waals surface area contributed by atoms with E-state index in [0.29, 0.717) is 16.8 Å². The van der Waals surface area contributed by atoms with Crippen LogP contribution in [0.3, 0.4) is 0 Å². The first-order valence-corrected chi connectivity index (χ1v) is 13.6. The van der Waals surface area contributed by atoms with Crippen molar-refractivity contribution in [2.45, 2.75) is 52.4 Å². The van der Waals surface area contributed by atoms with Crippen LogP contribution in [0.15, 0.2) is 47.7 Å². The van der Waals surface area contributed by atoms with Crippen molar-refractivity contribution < 1.29 is 41.1 Å². The van der Waals surface area contributed by atoms with E-state index in [4.69, 9.17) is 4.74 Å². The lowest BCUT2D eigenvalue weighted by atomic mass is 9.73. The third-order valence-corrected chi connectivity index (χ3v) is 7.28. The van der Waals surface area contributed by atoms with Crippen LogP contribution in [0.4, 0.5) is 22.0 Å². The number of ether oxygens (including phenoxy) is 1. The molecule has 232 valence electrons. The van der Waals surface area contributed by atoms with E-state index < -0.39 is 58.9 Å². The van der Waals surface area contributed by atoms with Crippen molar-refractivity contribution in [2.75, 3.05) is 26.2 Å². The third kappa shape index (κ3) is 7.53. The molecule has 0 saturated carbocycles. The van der Waals surface area contributed by atoms with Gasteiger partial charge in [-0.1, -0.05) is 32.9 Å². The van der Waals surface area contributed by atoms with E-state index in [9.17, 15) is 36.3 Å². The van der Waals surface area contributed by atoms with Crippen molar-refractivity contribution in [1.29, 1.82) is 0 Å². The number of carbonyl (C=O) groups is 3. The van der Waals surface area contributed by atoms with Gasteiger partial charge in [-0.15, -0.1) is 0 Å². The van der Waals surface area contributed by atoms with E-state index in [0.717, 1.165) is 6.07 Å². The minimum atomic E-state index is -4.70. The summed E-state index contributed by atoms with van der Waals surface area (Å²) in [6, 6.07) is 6.72. The highest BCUT2D eigenvalue weighted by atomic mass is 19.4. The number of rotatable bonds is 9. The van der Waals surface area contributed by atoms with Gasteiger partial charge in [0.15, 0.2) is 0 Å². The second-order valence-corrected chi connectivity index (χ2v) is 11.6. The molecule has 1 saturated heterocycles. The van der Waals surface area contributed by atoms with Crippen molar-refractivity contribution in [1.82, 2.24) is 20.2 Å². The van der Waals surface area contributed by atoms with Crippen molar-refractivity contribution in [3.05, 3.63) is 65.5 Å². The molecule has 2 aromatic rings. The highest BCUT2D eigenvalue weighted by Gasteiger charge is 2.55. The molecule has 1 fully saturated rings. The van der Waals surface area contributed by atoms with Crippen LogP contribution in [0, 0.1) is 22.5 Å². The van der Waals surface area contributed by atoms with Gasteiger partial charge in [0.05, 0.1) is 25.5 Å². The molecule has 1 aromatic carbocycles. The largest absolute Gasteiger partial charge is 0.408 e. The first-order valence-electron chi connectivity index (χ1n) is 13.6. The lowest BCUT2D eigenvalue weighted by Gasteiger charge is -2.39. The molecule has 2 aliphatic rings. The second-order valence-electron chi connectivity index (χ2n) is 11.6. The Morgan fingerprint density at radius 1 is 1.14 bits per heavy atom. The summed E-state index contributed by atoms with van der Waals surface area (Å²) in [6.45, 7) is 2.36. The maximum Gasteiger partial charge on any atom is 0.408 e. The predicted molar refractivity (Wildman–Crippen MR) is 144 cm³/mol. The van der Waals surface area contributed by atoms with Crippen LogP contribution in [0.2, 0.25) is 0 Å². The van der Waals surface area contributed by atoms with Crippen LogP contribution in [0.1, 0.15) is 38.4 Å². The molecule has 14 heteroatoms. The fourth-order valence-electron chi connectivity index (χ4n) is 4.92. The molecule has 43 heavy (non-hydrogen) atoms. The zero-order valence-corrected chi connectivity index (χ0v) is 23.9. The molecule has 9 nitrogen and oxygen atoms in total. The molecule has 1 aromatic heterocycles. The van der Waals surface area contributed by atoms with Crippen molar-refractivity contribution in [3.63, 3.8) is 0 Å². The highest BCUT2D eigenvalue weighted by molar-refractivity contribution is 6.14. The predicted octanol–water partition coefficient (Wildman–Crippen LogP) is 3.63. The summed E-state index contributed by atoms with van der Waals surface area (Å²) < 4.78 is 72.8. The number of hydrogen-bond acceptors (Lipinski definition) is 6. The number of halogens is 5. The van der Waals surface area contributed by atoms with Crippen molar-refractivity contribution in [3.8, 4) is 0 Å². The van der Waals surface area contributed by atoms with E-state index in [1.807, 2.05) is 0 Å². The second kappa shape index (κ2) is 12.3. The molecule has 0 aliphatic carbocycles. The van der Waals surface area contributed by atoms with Crippen LogP contribution in [0.25, 0.3) is 0 Å². The van der Waals surface area contributed by atoms with Gasteiger partial charge < -0.3 is 15.0 Å². The van der Waals surface area contributed by atoms with Gasteiger partial charge in [0, 0.05) is 41.9 Å². The Kier molecular flexibility index (Phi) is 9.19. The molecular weight excluding hydrogens is 577 g/mol. The molecule has 0 spiro atoms. The number of carbonyl (C=O) groups excluding carboxylic acids is 3. The maximum absolute atomic E-state index is 14.1. The SMILES string of the molecule is CC(C)(C)C(=O)N[C@H](COCc1ccc(F)cc1F)C(=O)N1CC[C@]2(Cc3ccccn3)C(=O)N(CC(F)(F)F)N=C2C1. The number of benzene rings is 1. The van der Waals surface area contributed by atoms with Crippen molar-refractivity contribution >= 4 is 23.4 Å². The van der Waals surface area contributed by atoms with E-state index in [1.54, 1.807) is 39.0 Å². The topological polar surface area (TPSA) is 104 Å². The van der Waals surface area contributed by atoms with Gasteiger partial charge in [-0.2, -0.15) is 18.3 Å². The Balaban J connectivity index is 1.56. The van der Waals surface area contributed by atoms with Crippen LogP contribution in [-0.4, -0.2) is 76.8 Å². The normalized spacial score (nSPS) is 19.6. The van der Waals surface area contributed by atoms with Gasteiger partial charge in [0.1, 0.15) is 29.6 Å². The number of pyridine rings is 1. The number of hydrogen-bond donors (Lipinski definition) is 1. The van der Waals surface area contributed by atoms with E-state index in [2.05, 4.69) is 15.4 Å². The smallest absolute Gasteiger partial charge is 0.374 e. The van der Waals surface area contributed by atoms with Crippen LogP contribution >= 0.6 is 0 Å². The Labute approximate surface area is 245 Å². The first kappa shape index (κ1) is 32.0. The molecule has 4 rings (SSSR count). The molecule has 0 unspecified atom stereocenters. The number of hydrazone groups is 1. The van der Waals surface area contributed by atoms with E-state index >= 15 is 0 Å². The number of alkyl halides is 3. The molecule has 3 amide bonds. The van der Waals surface area contributed by atoms with Gasteiger partial charge in [0.25, 0.3) is 5.91 Å². The minimum Gasteiger partial charge on any atom is -0.374 e. The van der Waals surface area contributed by atoms with Crippen LogP contribution < -0.4 is 5.32 Å². The summed E-state index contributed by atoms with van der Waals surface area (Å²) in [5, 5.41) is 7.05. The summed E-state index contributed by atoms with van der Waals surface area (Å²) >= 11 is 0. The quantitative estimate of drug-likeness (QED) is 0.438. The molecule has 3 heterocycles. The third-order valence-electron chi connectivity index (χ3n) is 7.28. The Morgan fingerprint density at radius 3 is 2.51 bits per heavy atom. The lowest BCUT2D eigenvalue weighted by Crippen LogP contribution is -2.59. The number of fused-ring (bicyclic) bond motifs is 1. The number of amides is 3. The highest BCUT2D eigenvalue weighted by Crippen LogP contribution is 2.40. The number of nitrogens with zero attached hydrogens (tertiary/aromatic N) is 4. The van der Waals surface area contributed by atoms with Gasteiger partial charge in [-0.05, 0) is 24.6 Å². The summed E-state index contributed by atoms with van der Waals surface area (Å²) in [6.07, 6.45) is -3.21. The molecule has 0 radical (unpaired) electrons. The zero-order valence-electron chi connectivity index (χ0n) is 23.9. The monoisotopic (exact) mass is 609 g/mol. The molecule has 2 aliphatic heterocycles. The fraction of sp³-hybridized carbons (Fsp3) is 0.483. The summed E-state index contributed by atoms with van der Waals surface area (Å²) in [7, 11) is 0. The number of likely N-dealkylation sites (tertiary alicyclic amines) is 1. The first-order chi connectivity index (χ1) is 20.1. The Bertz CT molecular complexity index is 1400. The zero-order chi connectivity index (χ0) is 31.6. The average Bonchev–Trinajstić information content (AvgIpc) is 3.17. The molecule has 2 atom stereocenters. The minimum absolute atomic E-state index is 0.00156. The lowest BCUT2D eigenvalue weighted by molar-refractivity contribution is -0.163. The van der Waals surface area contributed by atoms with Crippen LogP contribution in [0.5, 0.6) is 0 Å². The van der Waals surface area contributed by atoms with E-state index in [1.165, 1.54) is 17.2 Å². The molecule has 0 bridgehead atoms. The van der Waals surface area contributed by atoms with Gasteiger partial charge in [-0.25, -0.2) is 13.8 Å². The molecular formula is C29H32F5N5O4. The number of piperidine rings is 1. The maximum atomic E-state index is 14.1. The standard InChI is InChI=1S/C29H32F5N5O4/c1-27(2,3)25(41)36-22(16-43-15-18-7-8-19(30)12-21(18)31)24(40)38-11-9-28(13-20-6-4-5-10-35-20)23(14-38)37-39(26(28)42)17-29(32,33)34/h4-8,10,12,22H,9,11,13-17H2,1-3H3,(H,36,41)/t22-,28-/m1/s1. The van der Waals surface area contributed by atoms with Crippen molar-refractivity contribution in [2.24, 2.45) is 15.9 Å². The van der Waals surface area contributed by atoms with Gasteiger partial charge in [0.2, 0.25) is 11.8 Å². The van der Waals surface area contributed by atoms with Gasteiger partial charge in [-0.3, -0.25) is 19.4 Å². The fourth-order valence-corrected chi connectivity index (χ4v) is 4.92. The average molecular weight is 610 g/mol. The number of aromatic nitrogens is 1. The van der Waals surface area contributed by atoms with Crippen LogP contribution in [-0.2, 0) is 32.1 Å². The Hall–Kier alpha value is -3.94. The number of nitrogens with one attached hydrogen (secondary N) is 1. The summed E-state index contributed by atoms with van der Waals surface area (Å²) in [5.41, 5.74) is -1.70.